The second kappa shape index (κ2) is 5.54. The first-order valence-electron chi connectivity index (χ1n) is 5.98. The lowest BCUT2D eigenvalue weighted by atomic mass is 10.2. The van der Waals surface area contributed by atoms with E-state index in [1.165, 1.54) is 4.88 Å². The van der Waals surface area contributed by atoms with E-state index in [0.717, 1.165) is 22.9 Å². The summed E-state index contributed by atoms with van der Waals surface area (Å²) in [4.78, 5) is 8.08. The minimum absolute atomic E-state index is 0.346. The SMILES string of the molecule is CNC(C)c1sc(N(C)Cc2ccoc2)nc1C. The van der Waals surface area contributed by atoms with Crippen LogP contribution in [0.1, 0.15) is 29.1 Å². The van der Waals surface area contributed by atoms with Gasteiger partial charge in [-0.1, -0.05) is 0 Å². The lowest BCUT2D eigenvalue weighted by molar-refractivity contribution is 0.563. The molecule has 0 aromatic carbocycles. The van der Waals surface area contributed by atoms with Crippen molar-refractivity contribution in [3.8, 4) is 0 Å². The number of aromatic nitrogens is 1. The summed E-state index contributed by atoms with van der Waals surface area (Å²) in [6.45, 7) is 5.03. The smallest absolute Gasteiger partial charge is 0.185 e. The van der Waals surface area contributed by atoms with Gasteiger partial charge in [0.2, 0.25) is 0 Å². The third kappa shape index (κ3) is 2.73. The Labute approximate surface area is 112 Å². The molecule has 98 valence electrons. The predicted octanol–water partition coefficient (Wildman–Crippen LogP) is 2.96. The Hall–Kier alpha value is -1.33. The molecular formula is C13H19N3OS. The van der Waals surface area contributed by atoms with E-state index in [9.17, 15) is 0 Å². The molecule has 0 bridgehead atoms. The molecule has 0 spiro atoms. The zero-order chi connectivity index (χ0) is 13.1. The van der Waals surface area contributed by atoms with Gasteiger partial charge in [-0.15, -0.1) is 11.3 Å². The molecule has 0 aliphatic heterocycles. The molecule has 1 atom stereocenters. The van der Waals surface area contributed by atoms with E-state index in [1.807, 2.05) is 13.1 Å². The van der Waals surface area contributed by atoms with Crippen molar-refractivity contribution in [2.45, 2.75) is 26.4 Å². The molecule has 0 radical (unpaired) electrons. The van der Waals surface area contributed by atoms with Gasteiger partial charge < -0.3 is 14.6 Å². The Kier molecular flexibility index (Phi) is 4.04. The minimum Gasteiger partial charge on any atom is -0.472 e. The van der Waals surface area contributed by atoms with Crippen LogP contribution in [0, 0.1) is 6.92 Å². The van der Waals surface area contributed by atoms with Crippen LogP contribution in [0.5, 0.6) is 0 Å². The topological polar surface area (TPSA) is 41.3 Å². The van der Waals surface area contributed by atoms with Gasteiger partial charge in [0.15, 0.2) is 5.13 Å². The highest BCUT2D eigenvalue weighted by molar-refractivity contribution is 7.15. The van der Waals surface area contributed by atoms with E-state index < -0.39 is 0 Å². The highest BCUT2D eigenvalue weighted by Gasteiger charge is 2.15. The van der Waals surface area contributed by atoms with Gasteiger partial charge in [0.05, 0.1) is 18.2 Å². The van der Waals surface area contributed by atoms with E-state index >= 15 is 0 Å². The third-order valence-corrected chi connectivity index (χ3v) is 4.43. The predicted molar refractivity (Wildman–Crippen MR) is 75.1 cm³/mol. The second-order valence-corrected chi connectivity index (χ2v) is 5.45. The van der Waals surface area contributed by atoms with Gasteiger partial charge in [-0.05, 0) is 27.0 Å². The number of hydrogen-bond acceptors (Lipinski definition) is 5. The van der Waals surface area contributed by atoms with Crippen LogP contribution in [0.4, 0.5) is 5.13 Å². The molecule has 1 unspecified atom stereocenters. The Morgan fingerprint density at radius 1 is 1.56 bits per heavy atom. The number of furan rings is 1. The van der Waals surface area contributed by atoms with E-state index in [-0.39, 0.29) is 0 Å². The van der Waals surface area contributed by atoms with Crippen molar-refractivity contribution in [3.63, 3.8) is 0 Å². The summed E-state index contributed by atoms with van der Waals surface area (Å²) in [6.07, 6.45) is 3.47. The molecule has 0 saturated heterocycles. The molecular weight excluding hydrogens is 246 g/mol. The molecule has 0 saturated carbocycles. The van der Waals surface area contributed by atoms with Crippen LogP contribution >= 0.6 is 11.3 Å². The van der Waals surface area contributed by atoms with Crippen LogP contribution in [0.25, 0.3) is 0 Å². The van der Waals surface area contributed by atoms with Gasteiger partial charge in [0.1, 0.15) is 0 Å². The van der Waals surface area contributed by atoms with Gasteiger partial charge in [0, 0.05) is 30.1 Å². The fraction of sp³-hybridized carbons (Fsp3) is 0.462. The fourth-order valence-electron chi connectivity index (χ4n) is 1.81. The molecule has 0 amide bonds. The Bertz CT molecular complexity index is 492. The van der Waals surface area contributed by atoms with Crippen LogP contribution in [-0.2, 0) is 6.54 Å². The van der Waals surface area contributed by atoms with E-state index in [2.05, 4.69) is 36.1 Å². The summed E-state index contributed by atoms with van der Waals surface area (Å²) in [5, 5.41) is 4.30. The lowest BCUT2D eigenvalue weighted by Crippen LogP contribution is -2.15. The van der Waals surface area contributed by atoms with Gasteiger partial charge >= 0.3 is 0 Å². The maximum Gasteiger partial charge on any atom is 0.185 e. The summed E-state index contributed by atoms with van der Waals surface area (Å²) in [6, 6.07) is 2.33. The molecule has 2 aromatic heterocycles. The van der Waals surface area contributed by atoms with Crippen molar-refractivity contribution in [2.24, 2.45) is 0 Å². The monoisotopic (exact) mass is 265 g/mol. The summed E-state index contributed by atoms with van der Waals surface area (Å²) in [7, 11) is 4.03. The van der Waals surface area contributed by atoms with E-state index in [1.54, 1.807) is 23.9 Å². The van der Waals surface area contributed by atoms with Crippen molar-refractivity contribution >= 4 is 16.5 Å². The molecule has 1 N–H and O–H groups in total. The number of hydrogen-bond donors (Lipinski definition) is 1. The average molecular weight is 265 g/mol. The highest BCUT2D eigenvalue weighted by atomic mass is 32.1. The largest absolute Gasteiger partial charge is 0.472 e. The summed E-state index contributed by atoms with van der Waals surface area (Å²) < 4.78 is 5.08. The Morgan fingerprint density at radius 3 is 2.94 bits per heavy atom. The second-order valence-electron chi connectivity index (χ2n) is 4.44. The van der Waals surface area contributed by atoms with Crippen LogP contribution in [-0.4, -0.2) is 19.1 Å². The van der Waals surface area contributed by atoms with Crippen molar-refractivity contribution in [1.82, 2.24) is 10.3 Å². The zero-order valence-electron chi connectivity index (χ0n) is 11.2. The maximum atomic E-state index is 5.08. The fourth-order valence-corrected chi connectivity index (χ4v) is 2.90. The molecule has 5 heteroatoms. The van der Waals surface area contributed by atoms with Crippen molar-refractivity contribution in [1.29, 1.82) is 0 Å². The Morgan fingerprint density at radius 2 is 2.33 bits per heavy atom. The summed E-state index contributed by atoms with van der Waals surface area (Å²) in [5.74, 6) is 0. The molecule has 0 fully saturated rings. The third-order valence-electron chi connectivity index (χ3n) is 2.97. The number of anilines is 1. The van der Waals surface area contributed by atoms with Crippen LogP contribution in [0.3, 0.4) is 0 Å². The summed E-state index contributed by atoms with van der Waals surface area (Å²) >= 11 is 1.74. The van der Waals surface area contributed by atoms with E-state index in [4.69, 9.17) is 4.42 Å². The van der Waals surface area contributed by atoms with Crippen LogP contribution < -0.4 is 10.2 Å². The first kappa shape index (κ1) is 13.1. The van der Waals surface area contributed by atoms with Crippen molar-refractivity contribution in [3.05, 3.63) is 34.7 Å². The normalized spacial score (nSPS) is 12.7. The van der Waals surface area contributed by atoms with Gasteiger partial charge in [0.25, 0.3) is 0 Å². The van der Waals surface area contributed by atoms with Crippen molar-refractivity contribution in [2.75, 3.05) is 19.0 Å². The van der Waals surface area contributed by atoms with Gasteiger partial charge in [-0.3, -0.25) is 0 Å². The van der Waals surface area contributed by atoms with E-state index in [0.29, 0.717) is 6.04 Å². The first-order valence-corrected chi connectivity index (χ1v) is 6.80. The molecule has 18 heavy (non-hydrogen) atoms. The first-order chi connectivity index (χ1) is 8.61. The van der Waals surface area contributed by atoms with Gasteiger partial charge in [-0.25, -0.2) is 4.98 Å². The number of thiazole rings is 1. The quantitative estimate of drug-likeness (QED) is 0.902. The molecule has 2 heterocycles. The van der Waals surface area contributed by atoms with Gasteiger partial charge in [-0.2, -0.15) is 0 Å². The molecule has 2 aromatic rings. The number of aryl methyl sites for hydroxylation is 1. The molecule has 0 aliphatic rings. The highest BCUT2D eigenvalue weighted by Crippen LogP contribution is 2.30. The molecule has 0 aliphatic carbocycles. The van der Waals surface area contributed by atoms with Crippen molar-refractivity contribution < 1.29 is 4.42 Å². The number of nitrogens with zero attached hydrogens (tertiary/aromatic N) is 2. The summed E-state index contributed by atoms with van der Waals surface area (Å²) in [5.41, 5.74) is 2.27. The lowest BCUT2D eigenvalue weighted by Gasteiger charge is -2.14. The number of rotatable bonds is 5. The van der Waals surface area contributed by atoms with Crippen LogP contribution in [0.15, 0.2) is 23.0 Å². The number of nitrogens with one attached hydrogen (secondary N) is 1. The van der Waals surface area contributed by atoms with Crippen LogP contribution in [0.2, 0.25) is 0 Å². The molecule has 4 nitrogen and oxygen atoms in total. The maximum absolute atomic E-state index is 5.08. The minimum atomic E-state index is 0.346. The molecule has 2 rings (SSSR count). The standard InChI is InChI=1S/C13H19N3OS/c1-9(14-3)12-10(2)15-13(18-12)16(4)7-11-5-6-17-8-11/h5-6,8-9,14H,7H2,1-4H3. The Balaban J connectivity index is 2.13. The zero-order valence-corrected chi connectivity index (χ0v) is 12.0. The average Bonchev–Trinajstić information content (AvgIpc) is 2.97.